The smallest absolute Gasteiger partial charge is 0.340 e. The first-order valence-electron chi connectivity index (χ1n) is 9.51. The molecule has 0 amide bonds. The monoisotopic (exact) mass is 467 g/mol. The van der Waals surface area contributed by atoms with Gasteiger partial charge in [-0.05, 0) is 41.5 Å². The van der Waals surface area contributed by atoms with Crippen LogP contribution < -0.4 is 10.6 Å². The first-order chi connectivity index (χ1) is 15.5. The Kier molecular flexibility index (Phi) is 6.52. The maximum atomic E-state index is 13.4. The molecule has 32 heavy (non-hydrogen) atoms. The summed E-state index contributed by atoms with van der Waals surface area (Å²) in [4.78, 5) is 17.3. The van der Waals surface area contributed by atoms with Crippen LogP contribution >= 0.6 is 23.6 Å². The van der Waals surface area contributed by atoms with Crippen LogP contribution in [0.25, 0.3) is 10.4 Å². The van der Waals surface area contributed by atoms with E-state index >= 15 is 0 Å². The Morgan fingerprint density at radius 2 is 1.97 bits per heavy atom. The van der Waals surface area contributed by atoms with Gasteiger partial charge in [-0.3, -0.25) is 5.32 Å². The number of esters is 1. The van der Waals surface area contributed by atoms with Crippen LogP contribution in [0.5, 0.6) is 0 Å². The number of hydrogen-bond acceptors (Lipinski definition) is 6. The molecular formula is C22H18FN5O2S2. The normalized spacial score (nSPS) is 10.6. The number of nitrogens with zero attached hydrogens (tertiary/aromatic N) is 3. The minimum atomic E-state index is -0.466. The van der Waals surface area contributed by atoms with Crippen LogP contribution in [-0.4, -0.2) is 33.0 Å². The molecule has 7 nitrogen and oxygen atoms in total. The highest BCUT2D eigenvalue weighted by atomic mass is 32.1. The number of benzene rings is 2. The number of thiophene rings is 1. The first kappa shape index (κ1) is 21.6. The van der Waals surface area contributed by atoms with Gasteiger partial charge in [0.15, 0.2) is 5.11 Å². The van der Waals surface area contributed by atoms with E-state index in [1.807, 2.05) is 30.3 Å². The maximum absolute atomic E-state index is 13.4. The number of aromatic nitrogens is 3. The summed E-state index contributed by atoms with van der Waals surface area (Å²) in [5, 5.41) is 11.0. The molecule has 2 aromatic heterocycles. The number of hydrogen-bond donors (Lipinski definition) is 2. The van der Waals surface area contributed by atoms with Gasteiger partial charge in [-0.1, -0.05) is 42.5 Å². The Hall–Kier alpha value is -3.63. The standard InChI is InChI=1S/C22H18FN5O2S2/c1-30-20(29)17-11-18(15-7-3-2-4-8-15)32-19(17)25-22(31)26-21-24-13-28(27-21)12-14-6-5-9-16(23)10-14/h2-11,13H,12H2,1H3,(H2,25,26,27,31). The molecule has 0 aliphatic rings. The van der Waals surface area contributed by atoms with Crippen molar-refractivity contribution in [3.63, 3.8) is 0 Å². The third-order valence-electron chi connectivity index (χ3n) is 4.42. The lowest BCUT2D eigenvalue weighted by Gasteiger charge is -2.07. The fraction of sp³-hybridized carbons (Fsp3) is 0.0909. The predicted molar refractivity (Wildman–Crippen MR) is 126 cm³/mol. The number of carbonyl (C=O) groups is 1. The van der Waals surface area contributed by atoms with Crippen molar-refractivity contribution in [2.75, 3.05) is 17.7 Å². The summed E-state index contributed by atoms with van der Waals surface area (Å²) in [6.07, 6.45) is 1.52. The summed E-state index contributed by atoms with van der Waals surface area (Å²) >= 11 is 6.76. The van der Waals surface area contributed by atoms with Gasteiger partial charge in [0.2, 0.25) is 5.95 Å². The van der Waals surface area contributed by atoms with Gasteiger partial charge in [0.1, 0.15) is 17.1 Å². The minimum absolute atomic E-state index is 0.222. The van der Waals surface area contributed by atoms with Crippen molar-refractivity contribution >= 4 is 45.6 Å². The van der Waals surface area contributed by atoms with Gasteiger partial charge in [-0.2, -0.15) is 0 Å². The molecule has 0 unspecified atom stereocenters. The number of carbonyl (C=O) groups excluding carboxylic acids is 1. The lowest BCUT2D eigenvalue weighted by atomic mass is 10.1. The highest BCUT2D eigenvalue weighted by molar-refractivity contribution is 7.80. The van der Waals surface area contributed by atoms with E-state index in [2.05, 4.69) is 20.7 Å². The van der Waals surface area contributed by atoms with Crippen molar-refractivity contribution in [2.24, 2.45) is 0 Å². The van der Waals surface area contributed by atoms with Crippen molar-refractivity contribution in [1.29, 1.82) is 0 Å². The molecular weight excluding hydrogens is 449 g/mol. The third-order valence-corrected chi connectivity index (χ3v) is 5.72. The molecule has 2 aromatic carbocycles. The van der Waals surface area contributed by atoms with Crippen LogP contribution in [0.4, 0.5) is 15.3 Å². The molecule has 10 heteroatoms. The van der Waals surface area contributed by atoms with Crippen molar-refractivity contribution in [3.8, 4) is 10.4 Å². The second-order valence-corrected chi connectivity index (χ2v) is 8.15. The Morgan fingerprint density at radius 1 is 1.16 bits per heavy atom. The highest BCUT2D eigenvalue weighted by Gasteiger charge is 2.19. The van der Waals surface area contributed by atoms with Crippen molar-refractivity contribution in [3.05, 3.63) is 83.9 Å². The molecule has 162 valence electrons. The Balaban J connectivity index is 1.46. The molecule has 0 spiro atoms. The van der Waals surface area contributed by atoms with Gasteiger partial charge in [0.05, 0.1) is 19.2 Å². The Labute approximate surface area is 192 Å². The summed E-state index contributed by atoms with van der Waals surface area (Å²) < 4.78 is 19.8. The molecule has 0 bridgehead atoms. The van der Waals surface area contributed by atoms with Crippen LogP contribution in [0.3, 0.4) is 0 Å². The molecule has 0 radical (unpaired) electrons. The van der Waals surface area contributed by atoms with E-state index in [0.29, 0.717) is 17.1 Å². The lowest BCUT2D eigenvalue weighted by molar-refractivity contribution is 0.0602. The first-order valence-corrected chi connectivity index (χ1v) is 10.7. The van der Waals surface area contributed by atoms with Gasteiger partial charge in [-0.15, -0.1) is 16.4 Å². The van der Waals surface area contributed by atoms with Gasteiger partial charge in [0.25, 0.3) is 0 Å². The fourth-order valence-electron chi connectivity index (χ4n) is 2.98. The molecule has 4 rings (SSSR count). The Morgan fingerprint density at radius 3 is 2.72 bits per heavy atom. The van der Waals surface area contributed by atoms with Crippen molar-refractivity contribution in [1.82, 2.24) is 14.8 Å². The van der Waals surface area contributed by atoms with E-state index < -0.39 is 5.97 Å². The number of thiocarbonyl (C=S) groups is 1. The molecule has 0 aliphatic heterocycles. The van der Waals surface area contributed by atoms with E-state index in [1.165, 1.54) is 36.9 Å². The van der Waals surface area contributed by atoms with Gasteiger partial charge >= 0.3 is 5.97 Å². The fourth-order valence-corrected chi connectivity index (χ4v) is 4.29. The molecule has 0 atom stereocenters. The summed E-state index contributed by atoms with van der Waals surface area (Å²) in [6.45, 7) is 0.366. The summed E-state index contributed by atoms with van der Waals surface area (Å²) in [6, 6.07) is 17.7. The van der Waals surface area contributed by atoms with Crippen LogP contribution in [-0.2, 0) is 11.3 Å². The zero-order valence-corrected chi connectivity index (χ0v) is 18.5. The largest absolute Gasteiger partial charge is 0.465 e. The van der Waals surface area contributed by atoms with Crippen LogP contribution in [0.1, 0.15) is 15.9 Å². The topological polar surface area (TPSA) is 81.1 Å². The van der Waals surface area contributed by atoms with E-state index in [-0.39, 0.29) is 16.9 Å². The van der Waals surface area contributed by atoms with Crippen LogP contribution in [0, 0.1) is 5.82 Å². The van der Waals surface area contributed by atoms with Gasteiger partial charge in [-0.25, -0.2) is 18.9 Å². The van der Waals surface area contributed by atoms with Crippen molar-refractivity contribution in [2.45, 2.75) is 6.54 Å². The predicted octanol–water partition coefficient (Wildman–Crippen LogP) is 4.79. The molecule has 2 heterocycles. The van der Waals surface area contributed by atoms with Crippen LogP contribution in [0.15, 0.2) is 67.0 Å². The number of halogens is 1. The zero-order chi connectivity index (χ0) is 22.5. The molecule has 0 saturated carbocycles. The second kappa shape index (κ2) is 9.67. The molecule has 0 fully saturated rings. The third kappa shape index (κ3) is 5.16. The average Bonchev–Trinajstić information content (AvgIpc) is 3.40. The number of nitrogens with one attached hydrogen (secondary N) is 2. The Bertz CT molecular complexity index is 1260. The van der Waals surface area contributed by atoms with Gasteiger partial charge in [0, 0.05) is 4.88 Å². The zero-order valence-electron chi connectivity index (χ0n) is 16.9. The SMILES string of the molecule is COC(=O)c1cc(-c2ccccc2)sc1NC(=S)Nc1ncn(Cc2cccc(F)c2)n1. The molecule has 0 saturated heterocycles. The second-order valence-electron chi connectivity index (χ2n) is 6.69. The van der Waals surface area contributed by atoms with E-state index in [4.69, 9.17) is 17.0 Å². The van der Waals surface area contributed by atoms with Crippen molar-refractivity contribution < 1.29 is 13.9 Å². The number of rotatable bonds is 6. The summed E-state index contributed by atoms with van der Waals surface area (Å²) in [5.74, 6) is -0.497. The highest BCUT2D eigenvalue weighted by Crippen LogP contribution is 2.35. The average molecular weight is 468 g/mol. The lowest BCUT2D eigenvalue weighted by Crippen LogP contribution is -2.20. The molecule has 0 aliphatic carbocycles. The van der Waals surface area contributed by atoms with E-state index in [9.17, 15) is 9.18 Å². The maximum Gasteiger partial charge on any atom is 0.340 e. The molecule has 2 N–H and O–H groups in total. The van der Waals surface area contributed by atoms with E-state index in [0.717, 1.165) is 16.0 Å². The number of anilines is 2. The quantitative estimate of drug-likeness (QED) is 0.312. The van der Waals surface area contributed by atoms with Crippen LogP contribution in [0.2, 0.25) is 0 Å². The molecule has 4 aromatic rings. The summed E-state index contributed by atoms with van der Waals surface area (Å²) in [5.41, 5.74) is 2.12. The summed E-state index contributed by atoms with van der Waals surface area (Å²) in [7, 11) is 1.33. The van der Waals surface area contributed by atoms with Gasteiger partial charge < -0.3 is 10.1 Å². The number of ether oxygens (including phenoxy) is 1. The van der Waals surface area contributed by atoms with E-state index in [1.54, 1.807) is 22.9 Å². The minimum Gasteiger partial charge on any atom is -0.465 e. The number of methoxy groups -OCH3 is 1.